The van der Waals surface area contributed by atoms with Gasteiger partial charge >= 0.3 is 5.97 Å². The molecule has 0 aliphatic rings. The number of carboxylic acid groups (broad SMARTS) is 1. The molecule has 0 saturated heterocycles. The van der Waals surface area contributed by atoms with Crippen molar-refractivity contribution >= 4 is 27.4 Å². The number of fused-ring (bicyclic) bond motifs is 1. The van der Waals surface area contributed by atoms with E-state index in [0.29, 0.717) is 5.92 Å². The third-order valence-corrected chi connectivity index (χ3v) is 3.09. The zero-order valence-corrected chi connectivity index (χ0v) is 11.2. The lowest BCUT2D eigenvalue weighted by molar-refractivity contribution is 0.0696. The van der Waals surface area contributed by atoms with Crippen molar-refractivity contribution in [3.8, 4) is 0 Å². The summed E-state index contributed by atoms with van der Waals surface area (Å²) in [4.78, 5) is 15.4. The molecule has 0 atom stereocenters. The summed E-state index contributed by atoms with van der Waals surface area (Å²) in [6.45, 7) is 4.21. The van der Waals surface area contributed by atoms with Crippen LogP contribution in [0.25, 0.3) is 5.52 Å². The maximum Gasteiger partial charge on any atom is 0.337 e. The topological polar surface area (TPSA) is 54.6 Å². The van der Waals surface area contributed by atoms with Gasteiger partial charge in [0.05, 0.1) is 11.1 Å². The van der Waals surface area contributed by atoms with E-state index in [2.05, 4.69) is 34.8 Å². The van der Waals surface area contributed by atoms with Gasteiger partial charge in [-0.05, 0) is 34.0 Å². The van der Waals surface area contributed by atoms with E-state index in [1.807, 2.05) is 4.40 Å². The van der Waals surface area contributed by atoms with Crippen molar-refractivity contribution in [2.45, 2.75) is 20.3 Å². The normalized spacial score (nSPS) is 11.3. The van der Waals surface area contributed by atoms with Crippen LogP contribution in [0.2, 0.25) is 0 Å². The zero-order valence-electron chi connectivity index (χ0n) is 9.64. The van der Waals surface area contributed by atoms with Gasteiger partial charge in [0.25, 0.3) is 0 Å². The minimum atomic E-state index is -0.924. The smallest absolute Gasteiger partial charge is 0.337 e. The van der Waals surface area contributed by atoms with Crippen molar-refractivity contribution in [1.29, 1.82) is 0 Å². The molecular formula is C12H13BrN2O2. The molecule has 0 saturated carbocycles. The van der Waals surface area contributed by atoms with E-state index in [1.165, 1.54) is 0 Å². The largest absolute Gasteiger partial charge is 0.478 e. The van der Waals surface area contributed by atoms with Gasteiger partial charge in [0.2, 0.25) is 0 Å². The fourth-order valence-corrected chi connectivity index (χ4v) is 2.27. The summed E-state index contributed by atoms with van der Waals surface area (Å²) in [5.41, 5.74) is 1.16. The summed E-state index contributed by atoms with van der Waals surface area (Å²) in [5.74, 6) is 0.429. The number of hydrogen-bond donors (Lipinski definition) is 1. The van der Waals surface area contributed by atoms with Gasteiger partial charge in [0.1, 0.15) is 10.4 Å². The summed E-state index contributed by atoms with van der Waals surface area (Å²) in [5, 5.41) is 8.98. The molecule has 0 radical (unpaired) electrons. The number of halogens is 1. The highest BCUT2D eigenvalue weighted by molar-refractivity contribution is 9.10. The fourth-order valence-electron chi connectivity index (χ4n) is 1.74. The van der Waals surface area contributed by atoms with E-state index in [0.717, 1.165) is 22.4 Å². The first-order valence-electron chi connectivity index (χ1n) is 5.39. The molecule has 4 nitrogen and oxygen atoms in total. The van der Waals surface area contributed by atoms with Crippen molar-refractivity contribution in [1.82, 2.24) is 9.38 Å². The van der Waals surface area contributed by atoms with Gasteiger partial charge in [0.15, 0.2) is 0 Å². The van der Waals surface area contributed by atoms with Crippen LogP contribution in [0.3, 0.4) is 0 Å². The molecule has 0 fully saturated rings. The molecule has 0 spiro atoms. The van der Waals surface area contributed by atoms with Crippen molar-refractivity contribution in [2.24, 2.45) is 5.92 Å². The van der Waals surface area contributed by atoms with Crippen LogP contribution in [0.5, 0.6) is 0 Å². The quantitative estimate of drug-likeness (QED) is 0.947. The SMILES string of the molecule is CC(C)Cc1nc(Br)c2ccc(C(=O)O)cn12. The number of nitrogens with zero attached hydrogens (tertiary/aromatic N) is 2. The second-order valence-electron chi connectivity index (χ2n) is 4.39. The van der Waals surface area contributed by atoms with E-state index in [1.54, 1.807) is 18.3 Å². The number of rotatable bonds is 3. The lowest BCUT2D eigenvalue weighted by atomic mass is 10.1. The fraction of sp³-hybridized carbons (Fsp3) is 0.333. The molecule has 1 N–H and O–H groups in total. The maximum atomic E-state index is 10.9. The van der Waals surface area contributed by atoms with E-state index in [9.17, 15) is 4.79 Å². The molecule has 2 aromatic heterocycles. The van der Waals surface area contributed by atoms with Crippen LogP contribution < -0.4 is 0 Å². The molecule has 0 aliphatic heterocycles. The van der Waals surface area contributed by atoms with E-state index in [-0.39, 0.29) is 5.56 Å². The number of carbonyl (C=O) groups is 1. The van der Waals surface area contributed by atoms with Gasteiger partial charge in [-0.1, -0.05) is 13.8 Å². The minimum Gasteiger partial charge on any atom is -0.478 e. The molecule has 17 heavy (non-hydrogen) atoms. The van der Waals surface area contributed by atoms with E-state index >= 15 is 0 Å². The molecular weight excluding hydrogens is 284 g/mol. The molecule has 90 valence electrons. The van der Waals surface area contributed by atoms with Gasteiger partial charge < -0.3 is 9.51 Å². The van der Waals surface area contributed by atoms with Crippen LogP contribution in [-0.2, 0) is 6.42 Å². The zero-order chi connectivity index (χ0) is 12.6. The lowest BCUT2D eigenvalue weighted by Gasteiger charge is -2.04. The second kappa shape index (κ2) is 4.49. The number of aromatic carboxylic acids is 1. The summed E-state index contributed by atoms with van der Waals surface area (Å²) in [7, 11) is 0. The lowest BCUT2D eigenvalue weighted by Crippen LogP contribution is -2.03. The van der Waals surface area contributed by atoms with Crippen LogP contribution >= 0.6 is 15.9 Å². The van der Waals surface area contributed by atoms with E-state index in [4.69, 9.17) is 5.11 Å². The summed E-state index contributed by atoms with van der Waals surface area (Å²) >= 11 is 3.39. The predicted molar refractivity (Wildman–Crippen MR) is 68.4 cm³/mol. The Morgan fingerprint density at radius 3 is 2.82 bits per heavy atom. The van der Waals surface area contributed by atoms with Gasteiger partial charge in [-0.2, -0.15) is 0 Å². The first-order valence-corrected chi connectivity index (χ1v) is 6.18. The van der Waals surface area contributed by atoms with Crippen molar-refractivity contribution in [3.63, 3.8) is 0 Å². The van der Waals surface area contributed by atoms with Gasteiger partial charge in [-0.15, -0.1) is 0 Å². The summed E-state index contributed by atoms with van der Waals surface area (Å²) < 4.78 is 2.60. The highest BCUT2D eigenvalue weighted by Crippen LogP contribution is 2.21. The molecule has 0 aliphatic carbocycles. The van der Waals surface area contributed by atoms with Crippen LogP contribution in [0.1, 0.15) is 30.0 Å². The molecule has 2 heterocycles. The number of hydrogen-bond acceptors (Lipinski definition) is 2. The molecule has 2 rings (SSSR count). The Bertz CT molecular complexity index is 575. The van der Waals surface area contributed by atoms with Gasteiger partial charge in [-0.25, -0.2) is 9.78 Å². The molecule has 2 aromatic rings. The van der Waals surface area contributed by atoms with Crippen LogP contribution in [0, 0.1) is 5.92 Å². The van der Waals surface area contributed by atoms with Crippen LogP contribution in [0.4, 0.5) is 0 Å². The number of carboxylic acids is 1. The number of aromatic nitrogens is 2. The minimum absolute atomic E-state index is 0.271. The average Bonchev–Trinajstić information content (AvgIpc) is 2.54. The maximum absolute atomic E-state index is 10.9. The third-order valence-electron chi connectivity index (χ3n) is 2.50. The third kappa shape index (κ3) is 2.34. The van der Waals surface area contributed by atoms with Gasteiger partial charge in [-0.3, -0.25) is 0 Å². The van der Waals surface area contributed by atoms with Crippen LogP contribution in [0.15, 0.2) is 22.9 Å². The first kappa shape index (κ1) is 12.1. The Kier molecular flexibility index (Phi) is 3.19. The number of imidazole rings is 1. The van der Waals surface area contributed by atoms with E-state index < -0.39 is 5.97 Å². The van der Waals surface area contributed by atoms with Crippen molar-refractivity contribution in [3.05, 3.63) is 34.3 Å². The Hall–Kier alpha value is -1.36. The predicted octanol–water partition coefficient (Wildman–Crippen LogP) is 2.99. The monoisotopic (exact) mass is 296 g/mol. The molecule has 0 amide bonds. The molecule has 0 aromatic carbocycles. The highest BCUT2D eigenvalue weighted by Gasteiger charge is 2.12. The Morgan fingerprint density at radius 2 is 2.24 bits per heavy atom. The van der Waals surface area contributed by atoms with Crippen molar-refractivity contribution < 1.29 is 9.90 Å². The first-order chi connectivity index (χ1) is 7.99. The highest BCUT2D eigenvalue weighted by atomic mass is 79.9. The Morgan fingerprint density at radius 1 is 1.53 bits per heavy atom. The second-order valence-corrected chi connectivity index (χ2v) is 5.15. The average molecular weight is 297 g/mol. The number of pyridine rings is 1. The van der Waals surface area contributed by atoms with Crippen molar-refractivity contribution in [2.75, 3.05) is 0 Å². The van der Waals surface area contributed by atoms with Crippen LogP contribution in [-0.4, -0.2) is 20.5 Å². The summed E-state index contributed by atoms with van der Waals surface area (Å²) in [6, 6.07) is 3.35. The molecule has 0 bridgehead atoms. The van der Waals surface area contributed by atoms with Gasteiger partial charge in [0, 0.05) is 12.6 Å². The Labute approximate surface area is 107 Å². The molecule has 5 heteroatoms. The Balaban J connectivity index is 2.60. The standard InChI is InChI=1S/C12H13BrN2O2/c1-7(2)5-10-14-11(13)9-4-3-8(12(16)17)6-15(9)10/h3-4,6-7H,5H2,1-2H3,(H,16,17). The summed E-state index contributed by atoms with van der Waals surface area (Å²) in [6.07, 6.45) is 2.43. The molecule has 0 unspecified atom stereocenters.